The summed E-state index contributed by atoms with van der Waals surface area (Å²) in [5, 5.41) is 4.55. The predicted octanol–water partition coefficient (Wildman–Crippen LogP) is 1.96. The molecule has 0 saturated heterocycles. The molecule has 5 nitrogen and oxygen atoms in total. The topological polar surface area (TPSA) is 38.9 Å². The van der Waals surface area contributed by atoms with Crippen molar-refractivity contribution in [2.75, 3.05) is 6.54 Å². The van der Waals surface area contributed by atoms with Crippen LogP contribution in [0.4, 0.5) is 0 Å². The van der Waals surface area contributed by atoms with E-state index < -0.39 is 0 Å². The molecule has 0 aliphatic carbocycles. The monoisotopic (exact) mass is 323 g/mol. The lowest BCUT2D eigenvalue weighted by molar-refractivity contribution is 0.203. The zero-order valence-electron chi connectivity index (χ0n) is 11.3. The van der Waals surface area contributed by atoms with Crippen molar-refractivity contribution in [1.82, 2.24) is 24.2 Å². The smallest absolute Gasteiger partial charge is 0.122 e. The molecule has 102 valence electrons. The van der Waals surface area contributed by atoms with Crippen LogP contribution in [0.2, 0.25) is 0 Å². The summed E-state index contributed by atoms with van der Waals surface area (Å²) in [6.45, 7) is 6.03. The van der Waals surface area contributed by atoms with Crippen molar-refractivity contribution in [2.24, 2.45) is 7.05 Å². The third-order valence-electron chi connectivity index (χ3n) is 3.70. The minimum atomic E-state index is 0.909. The number of halogens is 1. The molecule has 0 saturated carbocycles. The normalized spacial score (nSPS) is 15.7. The molecule has 6 heteroatoms. The Morgan fingerprint density at radius 2 is 2.21 bits per heavy atom. The van der Waals surface area contributed by atoms with Crippen molar-refractivity contribution < 1.29 is 0 Å². The predicted molar refractivity (Wildman–Crippen MR) is 76.6 cm³/mol. The highest BCUT2D eigenvalue weighted by molar-refractivity contribution is 9.10. The molecule has 0 aromatic carbocycles. The first-order chi connectivity index (χ1) is 9.19. The van der Waals surface area contributed by atoms with E-state index in [9.17, 15) is 0 Å². The van der Waals surface area contributed by atoms with E-state index in [0.29, 0.717) is 0 Å². The second-order valence-corrected chi connectivity index (χ2v) is 5.73. The first-order valence-electron chi connectivity index (χ1n) is 6.61. The van der Waals surface area contributed by atoms with Crippen molar-refractivity contribution in [3.63, 3.8) is 0 Å². The van der Waals surface area contributed by atoms with Crippen molar-refractivity contribution in [1.29, 1.82) is 0 Å². The molecule has 0 radical (unpaired) electrons. The van der Waals surface area contributed by atoms with Crippen molar-refractivity contribution in [2.45, 2.75) is 33.0 Å². The van der Waals surface area contributed by atoms with Crippen LogP contribution < -0.4 is 0 Å². The maximum atomic E-state index is 4.55. The Labute approximate surface area is 121 Å². The quantitative estimate of drug-likeness (QED) is 0.866. The van der Waals surface area contributed by atoms with E-state index in [-0.39, 0.29) is 0 Å². The van der Waals surface area contributed by atoms with Gasteiger partial charge in [0.05, 0.1) is 22.4 Å². The van der Waals surface area contributed by atoms with E-state index in [2.05, 4.69) is 48.6 Å². The van der Waals surface area contributed by atoms with Gasteiger partial charge in [0.15, 0.2) is 0 Å². The molecule has 3 heterocycles. The Balaban J connectivity index is 1.78. The van der Waals surface area contributed by atoms with E-state index in [1.165, 1.54) is 5.69 Å². The van der Waals surface area contributed by atoms with Crippen LogP contribution in [0.5, 0.6) is 0 Å². The highest BCUT2D eigenvalue weighted by Gasteiger charge is 2.20. The van der Waals surface area contributed by atoms with Gasteiger partial charge >= 0.3 is 0 Å². The minimum Gasteiger partial charge on any atom is -0.333 e. The van der Waals surface area contributed by atoms with Gasteiger partial charge in [-0.05, 0) is 22.4 Å². The molecule has 0 bridgehead atoms. The van der Waals surface area contributed by atoms with Gasteiger partial charge in [0.1, 0.15) is 5.82 Å². The Hall–Kier alpha value is -1.14. The van der Waals surface area contributed by atoms with Gasteiger partial charge in [-0.3, -0.25) is 9.58 Å². The third-order valence-corrected chi connectivity index (χ3v) is 4.62. The summed E-state index contributed by atoms with van der Waals surface area (Å²) >= 11 is 3.68. The van der Waals surface area contributed by atoms with Crippen LogP contribution in [0.15, 0.2) is 16.9 Å². The fourth-order valence-electron chi connectivity index (χ4n) is 2.56. The Bertz CT molecular complexity index is 586. The third kappa shape index (κ3) is 2.34. The van der Waals surface area contributed by atoms with Crippen LogP contribution in [0.3, 0.4) is 0 Å². The van der Waals surface area contributed by atoms with E-state index in [4.69, 9.17) is 0 Å². The summed E-state index contributed by atoms with van der Waals surface area (Å²) in [6.07, 6.45) is 4.90. The van der Waals surface area contributed by atoms with E-state index in [1.54, 1.807) is 0 Å². The number of hydrogen-bond donors (Lipinski definition) is 0. The summed E-state index contributed by atoms with van der Waals surface area (Å²) < 4.78 is 5.38. The van der Waals surface area contributed by atoms with Crippen molar-refractivity contribution in [3.05, 3.63) is 34.1 Å². The molecule has 19 heavy (non-hydrogen) atoms. The SMILES string of the molecule is CCc1nn(C)c(CN2CCn3ccnc3C2)c1Br. The minimum absolute atomic E-state index is 0.909. The molecule has 1 aliphatic rings. The van der Waals surface area contributed by atoms with E-state index >= 15 is 0 Å². The molecule has 2 aromatic rings. The fraction of sp³-hybridized carbons (Fsp3) is 0.538. The van der Waals surface area contributed by atoms with Gasteiger partial charge in [-0.25, -0.2) is 4.98 Å². The molecule has 0 unspecified atom stereocenters. The highest BCUT2D eigenvalue weighted by atomic mass is 79.9. The maximum Gasteiger partial charge on any atom is 0.122 e. The van der Waals surface area contributed by atoms with Gasteiger partial charge in [-0.2, -0.15) is 5.10 Å². The summed E-state index contributed by atoms with van der Waals surface area (Å²) in [5.41, 5.74) is 2.38. The molecule has 0 spiro atoms. The first kappa shape index (κ1) is 12.9. The lowest BCUT2D eigenvalue weighted by Gasteiger charge is -2.27. The number of nitrogens with zero attached hydrogens (tertiary/aromatic N) is 5. The summed E-state index contributed by atoms with van der Waals surface area (Å²) in [6, 6.07) is 0. The van der Waals surface area contributed by atoms with E-state index in [1.807, 2.05) is 17.9 Å². The molecule has 3 rings (SSSR count). The molecule has 2 aromatic heterocycles. The average molecular weight is 324 g/mol. The van der Waals surface area contributed by atoms with Crippen LogP contribution in [-0.4, -0.2) is 30.8 Å². The zero-order valence-corrected chi connectivity index (χ0v) is 12.9. The molecule has 1 aliphatic heterocycles. The van der Waals surface area contributed by atoms with Gasteiger partial charge < -0.3 is 4.57 Å². The van der Waals surface area contributed by atoms with E-state index in [0.717, 1.165) is 48.6 Å². The number of hydrogen-bond acceptors (Lipinski definition) is 3. The number of aromatic nitrogens is 4. The van der Waals surface area contributed by atoms with Gasteiger partial charge in [0, 0.05) is 39.1 Å². The van der Waals surface area contributed by atoms with Crippen LogP contribution in [0.1, 0.15) is 24.1 Å². The Kier molecular flexibility index (Phi) is 3.45. The molecule has 0 amide bonds. The number of imidazole rings is 1. The van der Waals surface area contributed by atoms with Crippen LogP contribution in [0.25, 0.3) is 0 Å². The second kappa shape index (κ2) is 5.09. The van der Waals surface area contributed by atoms with Crippen molar-refractivity contribution >= 4 is 15.9 Å². The fourth-order valence-corrected chi connectivity index (χ4v) is 3.30. The highest BCUT2D eigenvalue weighted by Crippen LogP contribution is 2.24. The Morgan fingerprint density at radius 1 is 1.37 bits per heavy atom. The lowest BCUT2D eigenvalue weighted by atomic mass is 10.2. The molecular formula is C13H18BrN5. The summed E-state index contributed by atoms with van der Waals surface area (Å²) in [5.74, 6) is 1.15. The number of rotatable bonds is 3. The van der Waals surface area contributed by atoms with Gasteiger partial charge in [-0.15, -0.1) is 0 Å². The maximum absolute atomic E-state index is 4.55. The van der Waals surface area contributed by atoms with Crippen molar-refractivity contribution in [3.8, 4) is 0 Å². The molecule has 0 atom stereocenters. The zero-order chi connectivity index (χ0) is 13.4. The van der Waals surface area contributed by atoms with Gasteiger partial charge in [0.25, 0.3) is 0 Å². The Morgan fingerprint density at radius 3 is 2.95 bits per heavy atom. The number of aryl methyl sites for hydroxylation is 2. The first-order valence-corrected chi connectivity index (χ1v) is 7.41. The average Bonchev–Trinajstić information content (AvgIpc) is 2.97. The lowest BCUT2D eigenvalue weighted by Crippen LogP contribution is -2.33. The molecule has 0 fully saturated rings. The summed E-state index contributed by atoms with van der Waals surface area (Å²) in [7, 11) is 2.02. The van der Waals surface area contributed by atoms with Gasteiger partial charge in [0.2, 0.25) is 0 Å². The second-order valence-electron chi connectivity index (χ2n) is 4.93. The molecular weight excluding hydrogens is 306 g/mol. The largest absolute Gasteiger partial charge is 0.333 e. The van der Waals surface area contributed by atoms with Crippen LogP contribution in [0, 0.1) is 0 Å². The van der Waals surface area contributed by atoms with Crippen LogP contribution >= 0.6 is 15.9 Å². The van der Waals surface area contributed by atoms with Gasteiger partial charge in [-0.1, -0.05) is 6.92 Å². The summed E-state index contributed by atoms with van der Waals surface area (Å²) in [4.78, 5) is 6.82. The number of fused-ring (bicyclic) bond motifs is 1. The standard InChI is InChI=1S/C13H18BrN5/c1-3-10-13(14)11(17(2)16-10)8-18-6-7-19-5-4-15-12(19)9-18/h4-5H,3,6-9H2,1-2H3. The molecule has 0 N–H and O–H groups in total. The van der Waals surface area contributed by atoms with Crippen LogP contribution in [-0.2, 0) is 33.1 Å².